The number of rotatable bonds is 4. The summed E-state index contributed by atoms with van der Waals surface area (Å²) in [5, 5.41) is 0. The van der Waals surface area contributed by atoms with Crippen molar-refractivity contribution in [1.29, 1.82) is 0 Å². The molecule has 19 heavy (non-hydrogen) atoms. The topological polar surface area (TPSA) is 20.3 Å². The first-order valence-corrected chi connectivity index (χ1v) is 7.29. The largest absolute Gasteiger partial charge is 0.332 e. The van der Waals surface area contributed by atoms with Gasteiger partial charge in [0.1, 0.15) is 5.82 Å². The van der Waals surface area contributed by atoms with Crippen molar-refractivity contribution in [3.05, 3.63) is 46.7 Å². The van der Waals surface area contributed by atoms with Gasteiger partial charge in [-0.25, -0.2) is 4.39 Å². The van der Waals surface area contributed by atoms with Crippen LogP contribution in [-0.4, -0.2) is 23.4 Å². The molecule has 1 amide bonds. The Kier molecular flexibility index (Phi) is 4.75. The number of hydrogen-bond donors (Lipinski definition) is 0. The maximum absolute atomic E-state index is 13.5. The van der Waals surface area contributed by atoms with Gasteiger partial charge in [-0.2, -0.15) is 0 Å². The van der Waals surface area contributed by atoms with E-state index in [1.165, 1.54) is 6.07 Å². The maximum Gasteiger partial charge on any atom is 0.254 e. The lowest BCUT2D eigenvalue weighted by atomic mass is 10.1. The van der Waals surface area contributed by atoms with Crippen LogP contribution < -0.4 is 0 Å². The average molecular weight is 326 g/mol. The minimum Gasteiger partial charge on any atom is -0.332 e. The monoisotopic (exact) mass is 325 g/mol. The summed E-state index contributed by atoms with van der Waals surface area (Å²) in [5.41, 5.74) is 0.398. The van der Waals surface area contributed by atoms with Crippen molar-refractivity contribution in [2.24, 2.45) is 0 Å². The van der Waals surface area contributed by atoms with Crippen molar-refractivity contribution in [3.63, 3.8) is 0 Å². The average Bonchev–Trinajstić information content (AvgIpc) is 2.92. The van der Waals surface area contributed by atoms with Crippen LogP contribution in [0.4, 0.5) is 4.39 Å². The van der Waals surface area contributed by atoms with Gasteiger partial charge in [0.15, 0.2) is 0 Å². The van der Waals surface area contributed by atoms with E-state index in [1.807, 2.05) is 4.90 Å². The van der Waals surface area contributed by atoms with E-state index in [0.29, 0.717) is 16.6 Å². The number of hydrogen-bond acceptors (Lipinski definition) is 1. The van der Waals surface area contributed by atoms with Gasteiger partial charge >= 0.3 is 0 Å². The fourth-order valence-electron chi connectivity index (χ4n) is 2.55. The van der Waals surface area contributed by atoms with E-state index in [0.717, 1.165) is 25.7 Å². The fourth-order valence-corrected chi connectivity index (χ4v) is 2.79. The van der Waals surface area contributed by atoms with Gasteiger partial charge in [-0.3, -0.25) is 4.79 Å². The first-order valence-electron chi connectivity index (χ1n) is 6.50. The molecule has 0 spiro atoms. The van der Waals surface area contributed by atoms with Crippen LogP contribution >= 0.6 is 15.9 Å². The van der Waals surface area contributed by atoms with Crippen LogP contribution in [0.3, 0.4) is 0 Å². The minimum absolute atomic E-state index is 0.113. The molecule has 2 nitrogen and oxygen atoms in total. The Balaban J connectivity index is 2.22. The Morgan fingerprint density at radius 2 is 2.16 bits per heavy atom. The lowest BCUT2D eigenvalue weighted by molar-refractivity contribution is 0.0706. The van der Waals surface area contributed by atoms with E-state index in [4.69, 9.17) is 0 Å². The molecule has 0 atom stereocenters. The van der Waals surface area contributed by atoms with Crippen molar-refractivity contribution in [2.45, 2.75) is 31.7 Å². The van der Waals surface area contributed by atoms with E-state index in [9.17, 15) is 9.18 Å². The number of benzene rings is 1. The summed E-state index contributed by atoms with van der Waals surface area (Å²) in [5.74, 6) is -0.519. The van der Waals surface area contributed by atoms with E-state index in [2.05, 4.69) is 22.5 Å². The zero-order chi connectivity index (χ0) is 13.8. The molecule has 1 aliphatic rings. The number of carbonyl (C=O) groups is 1. The Morgan fingerprint density at radius 3 is 2.74 bits per heavy atom. The molecule has 0 N–H and O–H groups in total. The van der Waals surface area contributed by atoms with Gasteiger partial charge in [0.2, 0.25) is 0 Å². The molecule has 1 saturated carbocycles. The van der Waals surface area contributed by atoms with Crippen LogP contribution in [0.25, 0.3) is 0 Å². The van der Waals surface area contributed by atoms with Gasteiger partial charge in [-0.1, -0.05) is 18.9 Å². The summed E-state index contributed by atoms with van der Waals surface area (Å²) in [4.78, 5) is 14.3. The number of carbonyl (C=O) groups excluding carboxylic acids is 1. The van der Waals surface area contributed by atoms with Crippen molar-refractivity contribution >= 4 is 21.8 Å². The summed E-state index contributed by atoms with van der Waals surface area (Å²) in [6.45, 7) is 4.22. The molecular weight excluding hydrogens is 309 g/mol. The van der Waals surface area contributed by atoms with E-state index in [-0.39, 0.29) is 11.9 Å². The Hall–Kier alpha value is -1.16. The molecule has 0 unspecified atom stereocenters. The van der Waals surface area contributed by atoms with Crippen molar-refractivity contribution in [1.82, 2.24) is 4.90 Å². The molecule has 0 bridgehead atoms. The third-order valence-electron chi connectivity index (χ3n) is 3.52. The van der Waals surface area contributed by atoms with Crippen LogP contribution in [0.1, 0.15) is 36.0 Å². The third kappa shape index (κ3) is 3.24. The Labute approximate surface area is 121 Å². The van der Waals surface area contributed by atoms with Gasteiger partial charge in [0.05, 0.1) is 4.47 Å². The van der Waals surface area contributed by atoms with Gasteiger partial charge in [0.25, 0.3) is 5.91 Å². The summed E-state index contributed by atoms with van der Waals surface area (Å²) in [6.07, 6.45) is 6.09. The van der Waals surface area contributed by atoms with E-state index < -0.39 is 5.82 Å². The SMILES string of the molecule is C=CCN(C(=O)c1ccc(Br)c(F)c1)C1CCCC1. The van der Waals surface area contributed by atoms with Gasteiger partial charge in [-0.15, -0.1) is 6.58 Å². The highest BCUT2D eigenvalue weighted by Crippen LogP contribution is 2.25. The van der Waals surface area contributed by atoms with Gasteiger partial charge in [-0.05, 0) is 47.0 Å². The zero-order valence-electron chi connectivity index (χ0n) is 10.7. The molecular formula is C15H17BrFNO. The molecule has 0 aliphatic heterocycles. The van der Waals surface area contributed by atoms with E-state index in [1.54, 1.807) is 18.2 Å². The van der Waals surface area contributed by atoms with Crippen LogP contribution in [0.2, 0.25) is 0 Å². The van der Waals surface area contributed by atoms with Crippen molar-refractivity contribution in [2.75, 3.05) is 6.54 Å². The number of halogens is 2. The maximum atomic E-state index is 13.5. The summed E-state index contributed by atoms with van der Waals surface area (Å²) in [6, 6.07) is 4.78. The lowest BCUT2D eigenvalue weighted by Gasteiger charge is -2.28. The molecule has 0 heterocycles. The highest BCUT2D eigenvalue weighted by atomic mass is 79.9. The molecule has 1 aromatic carbocycles. The summed E-state index contributed by atoms with van der Waals surface area (Å²) < 4.78 is 13.9. The highest BCUT2D eigenvalue weighted by Gasteiger charge is 2.26. The summed E-state index contributed by atoms with van der Waals surface area (Å²) in [7, 11) is 0. The smallest absolute Gasteiger partial charge is 0.254 e. The molecule has 102 valence electrons. The predicted molar refractivity (Wildman–Crippen MR) is 77.6 cm³/mol. The lowest BCUT2D eigenvalue weighted by Crippen LogP contribution is -2.39. The van der Waals surface area contributed by atoms with Crippen LogP contribution in [0.15, 0.2) is 35.3 Å². The minimum atomic E-state index is -0.407. The predicted octanol–water partition coefficient (Wildman–Crippen LogP) is 4.16. The first kappa shape index (κ1) is 14.3. The van der Waals surface area contributed by atoms with Gasteiger partial charge in [0, 0.05) is 18.2 Å². The fraction of sp³-hybridized carbons (Fsp3) is 0.400. The number of nitrogens with zero attached hydrogens (tertiary/aromatic N) is 1. The molecule has 1 aromatic rings. The van der Waals surface area contributed by atoms with Crippen LogP contribution in [0.5, 0.6) is 0 Å². The third-order valence-corrected chi connectivity index (χ3v) is 4.16. The second-order valence-corrected chi connectivity index (χ2v) is 5.67. The first-order chi connectivity index (χ1) is 9.13. The van der Waals surface area contributed by atoms with Crippen molar-refractivity contribution < 1.29 is 9.18 Å². The molecule has 4 heteroatoms. The number of amides is 1. The zero-order valence-corrected chi connectivity index (χ0v) is 12.3. The normalized spacial score (nSPS) is 15.5. The molecule has 2 rings (SSSR count). The standard InChI is InChI=1S/C15H17BrFNO/c1-2-9-18(12-5-3-4-6-12)15(19)11-7-8-13(16)14(17)10-11/h2,7-8,10,12H,1,3-6,9H2. The Morgan fingerprint density at radius 1 is 1.47 bits per heavy atom. The second kappa shape index (κ2) is 6.33. The second-order valence-electron chi connectivity index (χ2n) is 4.81. The Bertz CT molecular complexity index is 483. The van der Waals surface area contributed by atoms with Crippen LogP contribution in [-0.2, 0) is 0 Å². The van der Waals surface area contributed by atoms with Gasteiger partial charge < -0.3 is 4.90 Å². The highest BCUT2D eigenvalue weighted by molar-refractivity contribution is 9.10. The molecule has 0 aromatic heterocycles. The quantitative estimate of drug-likeness (QED) is 0.761. The van der Waals surface area contributed by atoms with Crippen molar-refractivity contribution in [3.8, 4) is 0 Å². The van der Waals surface area contributed by atoms with E-state index >= 15 is 0 Å². The van der Waals surface area contributed by atoms with Crippen LogP contribution in [0, 0.1) is 5.82 Å². The molecule has 0 radical (unpaired) electrons. The summed E-state index contributed by atoms with van der Waals surface area (Å²) >= 11 is 3.10. The molecule has 1 aliphatic carbocycles. The molecule has 1 fully saturated rings. The molecule has 0 saturated heterocycles.